The monoisotopic (exact) mass is 669 g/mol. The minimum atomic E-state index is -0.929. The Morgan fingerprint density at radius 2 is 1.06 bits per heavy atom. The van der Waals surface area contributed by atoms with Crippen molar-refractivity contribution < 1.29 is 33.2 Å². The van der Waals surface area contributed by atoms with E-state index in [2.05, 4.69) is 27.7 Å². The van der Waals surface area contributed by atoms with E-state index < -0.39 is 5.60 Å². The van der Waals surface area contributed by atoms with Crippen LogP contribution in [-0.2, 0) is 14.3 Å². The van der Waals surface area contributed by atoms with E-state index in [0.717, 1.165) is 38.8 Å². The summed E-state index contributed by atoms with van der Waals surface area (Å²) in [6.07, 6.45) is 14.3. The highest BCUT2D eigenvalue weighted by Gasteiger charge is 2.39. The summed E-state index contributed by atoms with van der Waals surface area (Å²) in [5, 5.41) is 0. The highest BCUT2D eigenvalue weighted by molar-refractivity contribution is 5.77. The summed E-state index contributed by atoms with van der Waals surface area (Å²) in [5.74, 6) is 2.48. The third kappa shape index (κ3) is 14.3. The van der Waals surface area contributed by atoms with Crippen LogP contribution < -0.4 is 18.9 Å². The lowest BCUT2D eigenvalue weighted by atomic mass is 9.91. The van der Waals surface area contributed by atoms with Crippen molar-refractivity contribution in [2.24, 2.45) is 5.92 Å². The van der Waals surface area contributed by atoms with Gasteiger partial charge in [0, 0.05) is 13.1 Å². The van der Waals surface area contributed by atoms with Crippen LogP contribution in [-0.4, -0.2) is 75.7 Å². The van der Waals surface area contributed by atoms with Crippen molar-refractivity contribution in [1.82, 2.24) is 4.90 Å². The predicted octanol–water partition coefficient (Wildman–Crippen LogP) is 8.89. The third-order valence-electron chi connectivity index (χ3n) is 9.06. The van der Waals surface area contributed by atoms with Gasteiger partial charge in [-0.15, -0.1) is 0 Å². The fraction of sp³-hybridized carbons (Fsp3) is 0.675. The maximum Gasteiger partial charge on any atom is 0.248 e. The molecule has 0 fully saturated rings. The molecular weight excluding hydrogens is 606 g/mol. The first-order valence-electron chi connectivity index (χ1n) is 18.7. The molecule has 0 radical (unpaired) electrons. The van der Waals surface area contributed by atoms with E-state index in [-0.39, 0.29) is 31.6 Å². The van der Waals surface area contributed by atoms with Crippen molar-refractivity contribution in [3.63, 3.8) is 0 Å². The minimum Gasteiger partial charge on any atom is -0.487 e. The number of ether oxygens (including phenoxy) is 6. The summed E-state index contributed by atoms with van der Waals surface area (Å²) < 4.78 is 37.3. The first-order chi connectivity index (χ1) is 23.5. The van der Waals surface area contributed by atoms with Gasteiger partial charge in [-0.3, -0.25) is 4.79 Å². The lowest BCUT2D eigenvalue weighted by Gasteiger charge is -2.37. The molecule has 2 aromatic rings. The van der Waals surface area contributed by atoms with Crippen molar-refractivity contribution in [3.05, 3.63) is 48.5 Å². The Kier molecular flexibility index (Phi) is 19.2. The van der Waals surface area contributed by atoms with Gasteiger partial charge in [-0.1, -0.05) is 116 Å². The van der Waals surface area contributed by atoms with Crippen LogP contribution in [0.5, 0.6) is 23.0 Å². The molecule has 0 N–H and O–H groups in total. The summed E-state index contributed by atoms with van der Waals surface area (Å²) in [6, 6.07) is 15.2. The van der Waals surface area contributed by atoms with E-state index >= 15 is 0 Å². The Morgan fingerprint density at radius 1 is 0.646 bits per heavy atom. The van der Waals surface area contributed by atoms with Crippen LogP contribution in [0.2, 0.25) is 0 Å². The van der Waals surface area contributed by atoms with Crippen LogP contribution in [0.15, 0.2) is 48.5 Å². The van der Waals surface area contributed by atoms with Gasteiger partial charge < -0.3 is 33.3 Å². The highest BCUT2D eigenvalue weighted by atomic mass is 16.6. The molecule has 270 valence electrons. The topological polar surface area (TPSA) is 75.7 Å². The highest BCUT2D eigenvalue weighted by Crippen LogP contribution is 2.33. The summed E-state index contributed by atoms with van der Waals surface area (Å²) in [5.41, 5.74) is -0.929. The number of rotatable bonds is 18. The number of unbranched alkanes of at least 4 members (excludes halogenated alkanes) is 10. The Labute approximate surface area is 290 Å². The average Bonchev–Trinajstić information content (AvgIpc) is 3.09. The maximum atomic E-state index is 13.9. The summed E-state index contributed by atoms with van der Waals surface area (Å²) in [7, 11) is 0. The van der Waals surface area contributed by atoms with Crippen molar-refractivity contribution in [1.29, 1.82) is 0 Å². The second-order valence-corrected chi connectivity index (χ2v) is 13.2. The molecule has 8 heteroatoms. The molecule has 1 amide bonds. The summed E-state index contributed by atoms with van der Waals surface area (Å²) in [4.78, 5) is 15.9. The molecule has 0 aliphatic carbocycles. The molecule has 3 rings (SSSR count). The molecule has 1 aliphatic rings. The van der Waals surface area contributed by atoms with E-state index in [4.69, 9.17) is 28.4 Å². The normalized spacial score (nSPS) is 15.3. The number of hydrogen-bond acceptors (Lipinski definition) is 7. The first-order valence-corrected chi connectivity index (χ1v) is 18.7. The molecule has 8 nitrogen and oxygen atoms in total. The summed E-state index contributed by atoms with van der Waals surface area (Å²) >= 11 is 0. The van der Waals surface area contributed by atoms with Gasteiger partial charge in [0.15, 0.2) is 23.0 Å². The zero-order chi connectivity index (χ0) is 34.3. The smallest absolute Gasteiger partial charge is 0.248 e. The van der Waals surface area contributed by atoms with Gasteiger partial charge in [0.2, 0.25) is 5.91 Å². The third-order valence-corrected chi connectivity index (χ3v) is 9.06. The molecule has 0 aromatic heterocycles. The Balaban J connectivity index is 1.78. The zero-order valence-corrected chi connectivity index (χ0v) is 30.4. The molecule has 0 atom stereocenters. The van der Waals surface area contributed by atoms with Crippen molar-refractivity contribution in [3.8, 4) is 23.0 Å². The number of nitrogens with zero attached hydrogens (tertiary/aromatic N) is 1. The van der Waals surface area contributed by atoms with Crippen LogP contribution >= 0.6 is 0 Å². The Hall–Kier alpha value is -2.97. The van der Waals surface area contributed by atoms with E-state index in [1.807, 2.05) is 53.4 Å². The van der Waals surface area contributed by atoms with Crippen LogP contribution in [0.1, 0.15) is 105 Å². The van der Waals surface area contributed by atoms with Crippen molar-refractivity contribution in [2.75, 3.05) is 59.3 Å². The molecule has 0 spiro atoms. The second kappa shape index (κ2) is 23.4. The SMILES string of the molecule is CCCCCCCCN(CCCCCCCC)C(=O)COC1(C(C)C)COc2ccccc2OCCOCCOc2ccccc2OC1. The number of benzene rings is 2. The second-order valence-electron chi connectivity index (χ2n) is 13.2. The van der Waals surface area contributed by atoms with Gasteiger partial charge >= 0.3 is 0 Å². The van der Waals surface area contributed by atoms with Crippen molar-refractivity contribution >= 4 is 5.91 Å². The largest absolute Gasteiger partial charge is 0.487 e. The zero-order valence-electron chi connectivity index (χ0n) is 30.4. The van der Waals surface area contributed by atoms with Gasteiger partial charge in [0.25, 0.3) is 0 Å². The molecule has 2 aromatic carbocycles. The number of carbonyl (C=O) groups is 1. The van der Waals surface area contributed by atoms with Crippen LogP contribution in [0.25, 0.3) is 0 Å². The van der Waals surface area contributed by atoms with E-state index in [1.54, 1.807) is 0 Å². The number of hydrogen-bond donors (Lipinski definition) is 0. The van der Waals surface area contributed by atoms with E-state index in [0.29, 0.717) is 49.4 Å². The maximum absolute atomic E-state index is 13.9. The Morgan fingerprint density at radius 3 is 1.50 bits per heavy atom. The molecule has 1 aliphatic heterocycles. The van der Waals surface area contributed by atoms with Crippen LogP contribution in [0, 0.1) is 5.92 Å². The van der Waals surface area contributed by atoms with Crippen molar-refractivity contribution in [2.45, 2.75) is 110 Å². The molecule has 0 saturated heterocycles. The first kappa shape index (κ1) is 39.5. The molecule has 0 saturated carbocycles. The number of para-hydroxylation sites is 4. The molecule has 0 unspecified atom stereocenters. The lowest BCUT2D eigenvalue weighted by Crippen LogP contribution is -2.51. The predicted molar refractivity (Wildman–Crippen MR) is 193 cm³/mol. The van der Waals surface area contributed by atoms with Gasteiger partial charge in [0.1, 0.15) is 38.6 Å². The Bertz CT molecular complexity index is 1070. The van der Waals surface area contributed by atoms with Gasteiger partial charge in [-0.2, -0.15) is 0 Å². The van der Waals surface area contributed by atoms with Gasteiger partial charge in [0.05, 0.1) is 13.2 Å². The average molecular weight is 670 g/mol. The number of carbonyl (C=O) groups excluding carboxylic acids is 1. The fourth-order valence-electron chi connectivity index (χ4n) is 5.75. The standard InChI is InChI=1S/C40H63NO7/c1-5-7-9-11-13-19-25-41(26-20-14-12-10-8-6-2)39(42)31-48-40(34(3)4)32-46-37-23-17-15-21-35(37)44-29-27-43-28-30-45-36-22-16-18-24-38(36)47-33-40/h15-18,21-24,34H,5-14,19-20,25-33H2,1-4H3. The van der Waals surface area contributed by atoms with Crippen LogP contribution in [0.4, 0.5) is 0 Å². The van der Waals surface area contributed by atoms with Crippen LogP contribution in [0.3, 0.4) is 0 Å². The lowest BCUT2D eigenvalue weighted by molar-refractivity contribution is -0.157. The van der Waals surface area contributed by atoms with Gasteiger partial charge in [-0.05, 0) is 43.0 Å². The molecule has 1 heterocycles. The van der Waals surface area contributed by atoms with E-state index in [1.165, 1.54) is 51.4 Å². The van der Waals surface area contributed by atoms with E-state index in [9.17, 15) is 4.79 Å². The molecule has 0 bridgehead atoms. The number of amides is 1. The number of fused-ring (bicyclic) bond motifs is 2. The molecular formula is C40H63NO7. The fourth-order valence-corrected chi connectivity index (χ4v) is 5.75. The summed E-state index contributed by atoms with van der Waals surface area (Å²) in [6.45, 7) is 12.1. The molecule has 48 heavy (non-hydrogen) atoms. The minimum absolute atomic E-state index is 0.0248. The quantitative estimate of drug-likeness (QED) is 0.147. The van der Waals surface area contributed by atoms with Gasteiger partial charge in [-0.25, -0.2) is 0 Å².